The second-order valence-electron chi connectivity index (χ2n) is 6.65. The summed E-state index contributed by atoms with van der Waals surface area (Å²) in [5, 5.41) is 6.09. The Morgan fingerprint density at radius 3 is 2.47 bits per heavy atom. The van der Waals surface area contributed by atoms with Crippen LogP contribution < -0.4 is 20.1 Å². The monoisotopic (exact) mass is 422 g/mol. The van der Waals surface area contributed by atoms with Crippen LogP contribution in [0.4, 0.5) is 5.69 Å². The van der Waals surface area contributed by atoms with Gasteiger partial charge in [0, 0.05) is 12.1 Å². The molecule has 0 atom stereocenters. The van der Waals surface area contributed by atoms with Gasteiger partial charge in [-0.15, -0.1) is 0 Å². The molecule has 0 fully saturated rings. The molecule has 7 heteroatoms. The molecule has 30 heavy (non-hydrogen) atoms. The summed E-state index contributed by atoms with van der Waals surface area (Å²) in [6.07, 6.45) is 0. The minimum absolute atomic E-state index is 0.246. The van der Waals surface area contributed by atoms with Crippen molar-refractivity contribution in [2.75, 3.05) is 18.5 Å². The van der Waals surface area contributed by atoms with Crippen molar-refractivity contribution in [2.24, 2.45) is 0 Å². The molecule has 0 saturated heterocycles. The van der Waals surface area contributed by atoms with Crippen molar-refractivity contribution in [3.8, 4) is 11.5 Å². The average Bonchev–Trinajstić information content (AvgIpc) is 2.78. The van der Waals surface area contributed by atoms with Crippen molar-refractivity contribution in [1.82, 2.24) is 5.32 Å². The SMILES string of the molecule is O=C(Nc1ccccc1C(=O)NCc1cc(Cl)c2c(c1)OCCO2)c1ccccc1. The molecule has 3 aromatic carbocycles. The molecular weight excluding hydrogens is 404 g/mol. The van der Waals surface area contributed by atoms with Gasteiger partial charge in [0.1, 0.15) is 13.2 Å². The van der Waals surface area contributed by atoms with Gasteiger partial charge in [-0.2, -0.15) is 0 Å². The largest absolute Gasteiger partial charge is 0.486 e. The Bertz CT molecular complexity index is 1090. The first-order valence-corrected chi connectivity index (χ1v) is 9.81. The molecule has 0 aromatic heterocycles. The zero-order valence-electron chi connectivity index (χ0n) is 16.0. The van der Waals surface area contributed by atoms with Crippen molar-refractivity contribution in [1.29, 1.82) is 0 Å². The second-order valence-corrected chi connectivity index (χ2v) is 7.06. The van der Waals surface area contributed by atoms with Gasteiger partial charge >= 0.3 is 0 Å². The highest BCUT2D eigenvalue weighted by molar-refractivity contribution is 6.32. The van der Waals surface area contributed by atoms with Crippen molar-refractivity contribution in [2.45, 2.75) is 6.54 Å². The molecule has 0 bridgehead atoms. The standard InChI is InChI=1S/C23H19ClN2O4/c24-18-12-15(13-20-21(18)30-11-10-29-20)14-25-23(28)17-8-4-5-9-19(17)26-22(27)16-6-2-1-3-7-16/h1-9,12-13H,10-11,14H2,(H,25,28)(H,26,27). The van der Waals surface area contributed by atoms with E-state index in [0.717, 1.165) is 5.56 Å². The number of hydrogen-bond donors (Lipinski definition) is 2. The zero-order chi connectivity index (χ0) is 20.9. The Balaban J connectivity index is 1.47. The first-order chi connectivity index (χ1) is 14.6. The van der Waals surface area contributed by atoms with Crippen LogP contribution in [0.25, 0.3) is 0 Å². The number of benzene rings is 3. The van der Waals surface area contributed by atoms with E-state index in [1.165, 1.54) is 0 Å². The van der Waals surface area contributed by atoms with E-state index in [1.54, 1.807) is 60.7 Å². The minimum Gasteiger partial charge on any atom is -0.486 e. The predicted octanol–water partition coefficient (Wildman–Crippen LogP) is 4.29. The highest BCUT2D eigenvalue weighted by atomic mass is 35.5. The number of fused-ring (bicyclic) bond motifs is 1. The molecule has 1 aliphatic rings. The molecule has 1 aliphatic heterocycles. The van der Waals surface area contributed by atoms with Crippen LogP contribution in [0.5, 0.6) is 11.5 Å². The highest BCUT2D eigenvalue weighted by Gasteiger charge is 2.18. The Hall–Kier alpha value is -3.51. The molecule has 0 spiro atoms. The molecule has 4 rings (SSSR count). The van der Waals surface area contributed by atoms with E-state index in [9.17, 15) is 9.59 Å². The third-order valence-corrected chi connectivity index (χ3v) is 4.85. The van der Waals surface area contributed by atoms with Crippen LogP contribution in [-0.4, -0.2) is 25.0 Å². The van der Waals surface area contributed by atoms with E-state index in [0.29, 0.717) is 46.5 Å². The summed E-state index contributed by atoms with van der Waals surface area (Å²) < 4.78 is 11.1. The van der Waals surface area contributed by atoms with Crippen LogP contribution >= 0.6 is 11.6 Å². The summed E-state index contributed by atoms with van der Waals surface area (Å²) >= 11 is 6.26. The number of rotatable bonds is 5. The summed E-state index contributed by atoms with van der Waals surface area (Å²) in [6, 6.07) is 19.2. The predicted molar refractivity (Wildman–Crippen MR) is 114 cm³/mol. The number of amides is 2. The lowest BCUT2D eigenvalue weighted by molar-refractivity contribution is 0.0951. The molecule has 0 unspecified atom stereocenters. The van der Waals surface area contributed by atoms with Gasteiger partial charge in [0.25, 0.3) is 11.8 Å². The lowest BCUT2D eigenvalue weighted by Crippen LogP contribution is -2.25. The molecular formula is C23H19ClN2O4. The number of carbonyl (C=O) groups is 2. The molecule has 3 aromatic rings. The fourth-order valence-electron chi connectivity index (χ4n) is 3.12. The topological polar surface area (TPSA) is 76.7 Å². The fraction of sp³-hybridized carbons (Fsp3) is 0.130. The molecule has 6 nitrogen and oxygen atoms in total. The normalized spacial score (nSPS) is 12.2. The van der Waals surface area contributed by atoms with E-state index < -0.39 is 0 Å². The third-order valence-electron chi connectivity index (χ3n) is 4.57. The van der Waals surface area contributed by atoms with Gasteiger partial charge in [-0.25, -0.2) is 0 Å². The van der Waals surface area contributed by atoms with Gasteiger partial charge in [-0.05, 0) is 42.0 Å². The van der Waals surface area contributed by atoms with E-state index in [2.05, 4.69) is 10.6 Å². The lowest BCUT2D eigenvalue weighted by Gasteiger charge is -2.20. The highest BCUT2D eigenvalue weighted by Crippen LogP contribution is 2.38. The van der Waals surface area contributed by atoms with E-state index >= 15 is 0 Å². The lowest BCUT2D eigenvalue weighted by atomic mass is 10.1. The van der Waals surface area contributed by atoms with Crippen molar-refractivity contribution in [3.05, 3.63) is 88.4 Å². The van der Waals surface area contributed by atoms with Gasteiger partial charge in [-0.3, -0.25) is 9.59 Å². The quantitative estimate of drug-likeness (QED) is 0.643. The van der Waals surface area contributed by atoms with Crippen LogP contribution in [0.15, 0.2) is 66.7 Å². The van der Waals surface area contributed by atoms with Crippen molar-refractivity contribution >= 4 is 29.1 Å². The number of halogens is 1. The molecule has 0 radical (unpaired) electrons. The first kappa shape index (κ1) is 19.8. The summed E-state index contributed by atoms with van der Waals surface area (Å²) in [5.41, 5.74) is 2.09. The van der Waals surface area contributed by atoms with E-state index in [4.69, 9.17) is 21.1 Å². The van der Waals surface area contributed by atoms with Crippen LogP contribution in [0.3, 0.4) is 0 Å². The average molecular weight is 423 g/mol. The van der Waals surface area contributed by atoms with Gasteiger partial charge in [0.05, 0.1) is 16.3 Å². The Morgan fingerprint density at radius 1 is 0.900 bits per heavy atom. The van der Waals surface area contributed by atoms with E-state index in [-0.39, 0.29) is 18.4 Å². The van der Waals surface area contributed by atoms with Crippen molar-refractivity contribution in [3.63, 3.8) is 0 Å². The molecule has 0 aliphatic carbocycles. The second kappa shape index (κ2) is 8.88. The van der Waals surface area contributed by atoms with Gasteiger partial charge in [-0.1, -0.05) is 41.9 Å². The fourth-order valence-corrected chi connectivity index (χ4v) is 3.41. The Morgan fingerprint density at radius 2 is 1.63 bits per heavy atom. The van der Waals surface area contributed by atoms with E-state index in [1.807, 2.05) is 6.07 Å². The summed E-state index contributed by atoms with van der Waals surface area (Å²) in [6.45, 7) is 1.15. The van der Waals surface area contributed by atoms with Crippen LogP contribution in [0.2, 0.25) is 5.02 Å². The molecule has 2 N–H and O–H groups in total. The number of para-hydroxylation sites is 1. The Kier molecular flexibility index (Phi) is 5.86. The zero-order valence-corrected chi connectivity index (χ0v) is 16.7. The number of ether oxygens (including phenoxy) is 2. The smallest absolute Gasteiger partial charge is 0.255 e. The number of carbonyl (C=O) groups excluding carboxylic acids is 2. The molecule has 0 saturated carbocycles. The summed E-state index contributed by atoms with van der Waals surface area (Å²) in [7, 11) is 0. The number of nitrogens with one attached hydrogen (secondary N) is 2. The van der Waals surface area contributed by atoms with Crippen LogP contribution in [0.1, 0.15) is 26.3 Å². The summed E-state index contributed by atoms with van der Waals surface area (Å²) in [5.74, 6) is 0.486. The van der Waals surface area contributed by atoms with Gasteiger partial charge in [0.15, 0.2) is 11.5 Å². The molecule has 1 heterocycles. The minimum atomic E-state index is -0.315. The maximum absolute atomic E-state index is 12.8. The number of anilines is 1. The van der Waals surface area contributed by atoms with Gasteiger partial charge in [0.2, 0.25) is 0 Å². The Labute approximate surface area is 178 Å². The van der Waals surface area contributed by atoms with Crippen LogP contribution in [0, 0.1) is 0 Å². The number of hydrogen-bond acceptors (Lipinski definition) is 4. The van der Waals surface area contributed by atoms with Crippen molar-refractivity contribution < 1.29 is 19.1 Å². The maximum atomic E-state index is 12.8. The van der Waals surface area contributed by atoms with Gasteiger partial charge < -0.3 is 20.1 Å². The first-order valence-electron chi connectivity index (χ1n) is 9.43. The van der Waals surface area contributed by atoms with Crippen LogP contribution in [-0.2, 0) is 6.54 Å². The summed E-state index contributed by atoms with van der Waals surface area (Å²) in [4.78, 5) is 25.2. The molecule has 2 amide bonds. The third kappa shape index (κ3) is 4.39. The molecule has 152 valence electrons. The maximum Gasteiger partial charge on any atom is 0.255 e.